The Balaban J connectivity index is 2.87. The summed E-state index contributed by atoms with van der Waals surface area (Å²) in [7, 11) is -3.41. The molecule has 0 aliphatic rings. The van der Waals surface area contributed by atoms with E-state index in [-0.39, 0.29) is 5.75 Å². The van der Waals surface area contributed by atoms with Crippen LogP contribution in [0.15, 0.2) is 24.5 Å². The molecule has 4 nitrogen and oxygen atoms in total. The highest BCUT2D eigenvalue weighted by atomic mass is 32.2. The van der Waals surface area contributed by atoms with Gasteiger partial charge in [0, 0.05) is 6.07 Å². The number of hydrogen-bond donors (Lipinski definition) is 0. The molecule has 0 amide bonds. The van der Waals surface area contributed by atoms with Gasteiger partial charge in [-0.2, -0.15) is 8.42 Å². The normalized spacial score (nSPS) is 11.3. The first-order chi connectivity index (χ1) is 6.57. The van der Waals surface area contributed by atoms with E-state index in [2.05, 4.69) is 0 Å². The van der Waals surface area contributed by atoms with Gasteiger partial charge in [0.25, 0.3) is 0 Å². The van der Waals surface area contributed by atoms with E-state index < -0.39 is 10.1 Å². The lowest BCUT2D eigenvalue weighted by Gasteiger charge is -2.02. The standard InChI is InChI=1S/C9H14NO3S/c1-3-10-7-5-6-9(8-10)13-14(11,12)4-2/h5-8H,3-4H2,1-2H3/q+1. The number of aromatic nitrogens is 1. The van der Waals surface area contributed by atoms with Crippen molar-refractivity contribution >= 4 is 10.1 Å². The molecule has 1 aromatic heterocycles. The van der Waals surface area contributed by atoms with Crippen molar-refractivity contribution in [3.63, 3.8) is 0 Å². The summed E-state index contributed by atoms with van der Waals surface area (Å²) < 4.78 is 29.0. The van der Waals surface area contributed by atoms with Crippen molar-refractivity contribution in [3.8, 4) is 5.75 Å². The summed E-state index contributed by atoms with van der Waals surface area (Å²) >= 11 is 0. The number of hydrogen-bond acceptors (Lipinski definition) is 3. The van der Waals surface area contributed by atoms with E-state index in [4.69, 9.17) is 4.18 Å². The third-order valence-corrected chi connectivity index (χ3v) is 2.93. The minimum atomic E-state index is -3.41. The van der Waals surface area contributed by atoms with Crippen molar-refractivity contribution < 1.29 is 17.2 Å². The van der Waals surface area contributed by atoms with Crippen molar-refractivity contribution in [3.05, 3.63) is 24.5 Å². The lowest BCUT2D eigenvalue weighted by atomic mass is 10.4. The van der Waals surface area contributed by atoms with Crippen LogP contribution in [0.3, 0.4) is 0 Å². The van der Waals surface area contributed by atoms with E-state index in [1.165, 1.54) is 0 Å². The largest absolute Gasteiger partial charge is 0.376 e. The number of pyridine rings is 1. The minimum Gasteiger partial charge on any atom is -0.376 e. The predicted octanol–water partition coefficient (Wildman–Crippen LogP) is 0.723. The molecule has 1 aromatic rings. The summed E-state index contributed by atoms with van der Waals surface area (Å²) in [6.45, 7) is 4.30. The van der Waals surface area contributed by atoms with E-state index in [9.17, 15) is 8.42 Å². The van der Waals surface area contributed by atoms with Crippen LogP contribution < -0.4 is 8.75 Å². The van der Waals surface area contributed by atoms with Gasteiger partial charge in [-0.05, 0) is 19.9 Å². The third-order valence-electron chi connectivity index (χ3n) is 1.77. The van der Waals surface area contributed by atoms with Crippen molar-refractivity contribution in [1.29, 1.82) is 0 Å². The molecule has 0 atom stereocenters. The molecule has 0 aliphatic heterocycles. The van der Waals surface area contributed by atoms with Crippen LogP contribution in [0.5, 0.6) is 5.75 Å². The third kappa shape index (κ3) is 2.99. The Labute approximate surface area is 84.3 Å². The summed E-state index contributed by atoms with van der Waals surface area (Å²) in [5.41, 5.74) is 0. The highest BCUT2D eigenvalue weighted by Crippen LogP contribution is 2.08. The van der Waals surface area contributed by atoms with E-state index in [1.54, 1.807) is 25.3 Å². The number of rotatable bonds is 4. The number of aryl methyl sites for hydroxylation is 1. The molecule has 0 radical (unpaired) electrons. The molecule has 5 heteroatoms. The molecule has 0 bridgehead atoms. The SMILES string of the molecule is CC[n+]1cccc(OS(=O)(=O)CC)c1. The summed E-state index contributed by atoms with van der Waals surface area (Å²) in [5, 5.41) is 0. The first-order valence-corrected chi connectivity index (χ1v) is 6.06. The van der Waals surface area contributed by atoms with Crippen LogP contribution in [0.1, 0.15) is 13.8 Å². The van der Waals surface area contributed by atoms with Gasteiger partial charge >= 0.3 is 10.1 Å². The molecule has 0 aliphatic carbocycles. The van der Waals surface area contributed by atoms with Gasteiger partial charge in [-0.15, -0.1) is 0 Å². The van der Waals surface area contributed by atoms with Crippen LogP contribution in [-0.2, 0) is 16.7 Å². The maximum absolute atomic E-state index is 11.1. The van der Waals surface area contributed by atoms with Gasteiger partial charge in [-0.3, -0.25) is 0 Å². The van der Waals surface area contributed by atoms with Crippen molar-refractivity contribution in [2.75, 3.05) is 5.75 Å². The topological polar surface area (TPSA) is 47.2 Å². The zero-order valence-electron chi connectivity index (χ0n) is 8.30. The second-order valence-corrected chi connectivity index (χ2v) is 4.66. The zero-order valence-corrected chi connectivity index (χ0v) is 9.12. The van der Waals surface area contributed by atoms with Crippen LogP contribution in [0.25, 0.3) is 0 Å². The van der Waals surface area contributed by atoms with Gasteiger partial charge in [0.05, 0.1) is 5.75 Å². The lowest BCUT2D eigenvalue weighted by molar-refractivity contribution is -0.693. The van der Waals surface area contributed by atoms with Crippen LogP contribution in [0.4, 0.5) is 0 Å². The molecular weight excluding hydrogens is 202 g/mol. The fourth-order valence-corrected chi connectivity index (χ4v) is 1.46. The Hall–Kier alpha value is -1.10. The second-order valence-electron chi connectivity index (χ2n) is 2.80. The summed E-state index contributed by atoms with van der Waals surface area (Å²) in [4.78, 5) is 0. The first-order valence-electron chi connectivity index (χ1n) is 4.48. The van der Waals surface area contributed by atoms with Crippen LogP contribution >= 0.6 is 0 Å². The zero-order chi connectivity index (χ0) is 10.6. The molecule has 1 heterocycles. The molecule has 0 fully saturated rings. The molecule has 0 saturated carbocycles. The molecule has 78 valence electrons. The van der Waals surface area contributed by atoms with E-state index in [0.29, 0.717) is 5.75 Å². The average molecular weight is 216 g/mol. The van der Waals surface area contributed by atoms with Gasteiger partial charge in [-0.1, -0.05) is 0 Å². The Morgan fingerprint density at radius 3 is 2.71 bits per heavy atom. The van der Waals surface area contributed by atoms with Crippen LogP contribution in [-0.4, -0.2) is 14.2 Å². The van der Waals surface area contributed by atoms with E-state index >= 15 is 0 Å². The fraction of sp³-hybridized carbons (Fsp3) is 0.444. The molecule has 14 heavy (non-hydrogen) atoms. The van der Waals surface area contributed by atoms with Crippen LogP contribution in [0, 0.1) is 0 Å². The summed E-state index contributed by atoms with van der Waals surface area (Å²) in [6.07, 6.45) is 3.51. The molecule has 1 rings (SSSR count). The molecule has 0 N–H and O–H groups in total. The van der Waals surface area contributed by atoms with Gasteiger partial charge in [0.1, 0.15) is 6.54 Å². The Bertz CT molecular complexity index is 400. The molecule has 0 aromatic carbocycles. The van der Waals surface area contributed by atoms with Gasteiger partial charge < -0.3 is 4.18 Å². The molecular formula is C9H14NO3S+. The van der Waals surface area contributed by atoms with Gasteiger partial charge in [0.2, 0.25) is 11.9 Å². The van der Waals surface area contributed by atoms with Crippen molar-refractivity contribution in [1.82, 2.24) is 0 Å². The predicted molar refractivity (Wildman–Crippen MR) is 52.4 cm³/mol. The quantitative estimate of drug-likeness (QED) is 0.550. The summed E-state index contributed by atoms with van der Waals surface area (Å²) in [5.74, 6) is 0.338. The number of nitrogens with zero attached hydrogens (tertiary/aromatic N) is 1. The Kier molecular flexibility index (Phi) is 3.46. The smallest absolute Gasteiger partial charge is 0.309 e. The lowest BCUT2D eigenvalue weighted by Crippen LogP contribution is -2.31. The molecule has 0 spiro atoms. The maximum Gasteiger partial charge on any atom is 0.309 e. The Morgan fingerprint density at radius 2 is 2.14 bits per heavy atom. The second kappa shape index (κ2) is 4.41. The average Bonchev–Trinajstić information content (AvgIpc) is 2.17. The minimum absolute atomic E-state index is 0.0198. The van der Waals surface area contributed by atoms with E-state index in [0.717, 1.165) is 6.54 Å². The van der Waals surface area contributed by atoms with E-state index in [1.807, 2.05) is 17.7 Å². The highest BCUT2D eigenvalue weighted by Gasteiger charge is 2.11. The van der Waals surface area contributed by atoms with Crippen molar-refractivity contribution in [2.45, 2.75) is 20.4 Å². The molecule has 0 unspecified atom stereocenters. The summed E-state index contributed by atoms with van der Waals surface area (Å²) in [6, 6.07) is 3.38. The monoisotopic (exact) mass is 216 g/mol. The van der Waals surface area contributed by atoms with Crippen LogP contribution in [0.2, 0.25) is 0 Å². The maximum atomic E-state index is 11.1. The fourth-order valence-electron chi connectivity index (χ4n) is 0.949. The Morgan fingerprint density at radius 1 is 1.43 bits per heavy atom. The molecule has 0 saturated heterocycles. The first kappa shape index (κ1) is 11.0. The van der Waals surface area contributed by atoms with Crippen molar-refractivity contribution in [2.24, 2.45) is 0 Å². The van der Waals surface area contributed by atoms with Gasteiger partial charge in [0.15, 0.2) is 6.20 Å². The highest BCUT2D eigenvalue weighted by molar-refractivity contribution is 7.87. The van der Waals surface area contributed by atoms with Gasteiger partial charge in [-0.25, -0.2) is 4.57 Å².